The maximum Gasteiger partial charge on any atom is 0.240 e. The highest BCUT2D eigenvalue weighted by atomic mass is 16.2. The van der Waals surface area contributed by atoms with Crippen LogP contribution in [-0.4, -0.2) is 55.5 Å². The molecular weight excluding hydrogens is 178 g/mol. The van der Waals surface area contributed by atoms with Crippen molar-refractivity contribution in [2.75, 3.05) is 33.7 Å². The summed E-state index contributed by atoms with van der Waals surface area (Å²) < 4.78 is 0. The van der Waals surface area contributed by atoms with Gasteiger partial charge in [0.2, 0.25) is 5.91 Å². The highest BCUT2D eigenvalue weighted by Gasteiger charge is 2.27. The molecule has 78 valence electrons. The van der Waals surface area contributed by atoms with Gasteiger partial charge >= 0.3 is 0 Å². The maximum absolute atomic E-state index is 11.4. The Morgan fingerprint density at radius 3 is 2.79 bits per heavy atom. The molecule has 4 heteroatoms. The smallest absolute Gasteiger partial charge is 0.240 e. The topological polar surface area (TPSA) is 49.6 Å². The molecule has 0 aromatic heterocycles. The van der Waals surface area contributed by atoms with Crippen LogP contribution in [-0.2, 0) is 4.79 Å². The van der Waals surface area contributed by atoms with Crippen molar-refractivity contribution in [2.24, 2.45) is 5.73 Å². The minimum absolute atomic E-state index is 0.0316. The van der Waals surface area contributed by atoms with E-state index in [1.807, 2.05) is 19.0 Å². The summed E-state index contributed by atoms with van der Waals surface area (Å²) in [5.74, 6) is 5.99. The second kappa shape index (κ2) is 4.99. The van der Waals surface area contributed by atoms with Gasteiger partial charge in [0.25, 0.3) is 0 Å². The van der Waals surface area contributed by atoms with E-state index in [0.717, 1.165) is 19.5 Å². The summed E-state index contributed by atoms with van der Waals surface area (Å²) in [5.41, 5.74) is 5.57. The van der Waals surface area contributed by atoms with Crippen LogP contribution < -0.4 is 5.73 Å². The molecule has 0 aromatic carbocycles. The molecule has 0 aliphatic carbocycles. The van der Waals surface area contributed by atoms with Crippen LogP contribution >= 0.6 is 0 Å². The lowest BCUT2D eigenvalue weighted by Gasteiger charge is -2.11. The van der Waals surface area contributed by atoms with Gasteiger partial charge in [0.05, 0.1) is 19.1 Å². The van der Waals surface area contributed by atoms with Crippen LogP contribution in [0, 0.1) is 11.8 Å². The Morgan fingerprint density at radius 2 is 2.29 bits per heavy atom. The third kappa shape index (κ3) is 3.02. The molecule has 0 spiro atoms. The van der Waals surface area contributed by atoms with E-state index in [1.54, 1.807) is 4.90 Å². The van der Waals surface area contributed by atoms with Gasteiger partial charge in [-0.25, -0.2) is 0 Å². The van der Waals surface area contributed by atoms with Gasteiger partial charge in [-0.05, 0) is 20.5 Å². The van der Waals surface area contributed by atoms with E-state index >= 15 is 0 Å². The molecule has 0 aromatic rings. The molecule has 0 bridgehead atoms. The summed E-state index contributed by atoms with van der Waals surface area (Å²) in [7, 11) is 3.93. The van der Waals surface area contributed by atoms with Crippen molar-refractivity contribution in [3.63, 3.8) is 0 Å². The molecule has 1 rings (SSSR count). The number of hydrogen-bond donors (Lipinski definition) is 1. The summed E-state index contributed by atoms with van der Waals surface area (Å²) in [6.45, 7) is 1.99. The SMILES string of the molecule is CN(C)CC#CCN1CCC(N)C1=O. The van der Waals surface area contributed by atoms with Crippen LogP contribution in [0.5, 0.6) is 0 Å². The van der Waals surface area contributed by atoms with E-state index in [-0.39, 0.29) is 11.9 Å². The third-order valence-electron chi connectivity index (χ3n) is 2.13. The molecule has 1 aliphatic rings. The maximum atomic E-state index is 11.4. The van der Waals surface area contributed by atoms with Crippen molar-refractivity contribution in [3.8, 4) is 11.8 Å². The van der Waals surface area contributed by atoms with Crippen LogP contribution in [0.2, 0.25) is 0 Å². The van der Waals surface area contributed by atoms with Gasteiger partial charge in [-0.15, -0.1) is 0 Å². The molecule has 1 aliphatic heterocycles. The van der Waals surface area contributed by atoms with Crippen molar-refractivity contribution >= 4 is 5.91 Å². The number of hydrogen-bond acceptors (Lipinski definition) is 3. The molecule has 14 heavy (non-hydrogen) atoms. The number of nitrogens with two attached hydrogens (primary N) is 1. The lowest BCUT2D eigenvalue weighted by atomic mass is 10.3. The Labute approximate surface area is 85.0 Å². The van der Waals surface area contributed by atoms with Crippen molar-refractivity contribution in [1.29, 1.82) is 0 Å². The van der Waals surface area contributed by atoms with Crippen LogP contribution in [0.15, 0.2) is 0 Å². The number of likely N-dealkylation sites (tertiary alicyclic amines) is 1. The molecular formula is C10H17N3O. The van der Waals surface area contributed by atoms with Crippen molar-refractivity contribution in [1.82, 2.24) is 9.80 Å². The third-order valence-corrected chi connectivity index (χ3v) is 2.13. The van der Waals surface area contributed by atoms with Gasteiger partial charge in [-0.3, -0.25) is 9.69 Å². The first-order valence-electron chi connectivity index (χ1n) is 4.76. The second-order valence-electron chi connectivity index (χ2n) is 3.75. The van der Waals surface area contributed by atoms with Gasteiger partial charge in [0.1, 0.15) is 0 Å². The Morgan fingerprint density at radius 1 is 1.57 bits per heavy atom. The summed E-state index contributed by atoms with van der Waals surface area (Å²) in [4.78, 5) is 15.1. The Hall–Kier alpha value is -1.05. The minimum Gasteiger partial charge on any atom is -0.330 e. The van der Waals surface area contributed by atoms with Crippen molar-refractivity contribution in [2.45, 2.75) is 12.5 Å². The van der Waals surface area contributed by atoms with Crippen LogP contribution in [0.25, 0.3) is 0 Å². The first-order valence-corrected chi connectivity index (χ1v) is 4.76. The van der Waals surface area contributed by atoms with Gasteiger partial charge in [0, 0.05) is 6.54 Å². The zero-order valence-electron chi connectivity index (χ0n) is 8.79. The van der Waals surface area contributed by atoms with Crippen LogP contribution in [0.1, 0.15) is 6.42 Å². The summed E-state index contributed by atoms with van der Waals surface area (Å²) in [6.07, 6.45) is 0.758. The van der Waals surface area contributed by atoms with Crippen LogP contribution in [0.4, 0.5) is 0 Å². The Bertz CT molecular complexity index is 264. The average molecular weight is 195 g/mol. The largest absolute Gasteiger partial charge is 0.330 e. The van der Waals surface area contributed by atoms with E-state index in [2.05, 4.69) is 11.8 Å². The van der Waals surface area contributed by atoms with Crippen LogP contribution in [0.3, 0.4) is 0 Å². The number of amides is 1. The number of carbonyl (C=O) groups is 1. The van der Waals surface area contributed by atoms with Gasteiger partial charge in [-0.1, -0.05) is 11.8 Å². The van der Waals surface area contributed by atoms with Gasteiger partial charge < -0.3 is 10.6 Å². The molecule has 0 saturated carbocycles. The first-order chi connectivity index (χ1) is 6.61. The molecule has 1 unspecified atom stereocenters. The predicted octanol–water partition coefficient (Wildman–Crippen LogP) is -0.889. The predicted molar refractivity (Wildman–Crippen MR) is 55.5 cm³/mol. The minimum atomic E-state index is -0.300. The molecule has 1 amide bonds. The molecule has 1 fully saturated rings. The summed E-state index contributed by atoms with van der Waals surface area (Å²) in [6, 6.07) is -0.300. The number of nitrogens with zero attached hydrogens (tertiary/aromatic N) is 2. The molecule has 4 nitrogen and oxygen atoms in total. The quantitative estimate of drug-likeness (QED) is 0.582. The lowest BCUT2D eigenvalue weighted by Crippen LogP contribution is -2.34. The fourth-order valence-electron chi connectivity index (χ4n) is 1.29. The van der Waals surface area contributed by atoms with E-state index < -0.39 is 0 Å². The summed E-state index contributed by atoms with van der Waals surface area (Å²) in [5, 5.41) is 0. The molecule has 1 heterocycles. The highest BCUT2D eigenvalue weighted by Crippen LogP contribution is 2.07. The van der Waals surface area contributed by atoms with Gasteiger partial charge in [-0.2, -0.15) is 0 Å². The molecule has 1 saturated heterocycles. The molecule has 1 atom stereocenters. The van der Waals surface area contributed by atoms with E-state index in [4.69, 9.17) is 5.73 Å². The Kier molecular flexibility index (Phi) is 3.93. The zero-order valence-corrected chi connectivity index (χ0v) is 8.79. The first kappa shape index (κ1) is 11.0. The van der Waals surface area contributed by atoms with Crippen molar-refractivity contribution < 1.29 is 4.79 Å². The van der Waals surface area contributed by atoms with E-state index in [0.29, 0.717) is 6.54 Å². The van der Waals surface area contributed by atoms with E-state index in [1.165, 1.54) is 0 Å². The monoisotopic (exact) mass is 195 g/mol. The van der Waals surface area contributed by atoms with E-state index in [9.17, 15) is 4.79 Å². The normalized spacial score (nSPS) is 21.3. The molecule has 2 N–H and O–H groups in total. The fourth-order valence-corrected chi connectivity index (χ4v) is 1.29. The second-order valence-corrected chi connectivity index (χ2v) is 3.75. The molecule has 0 radical (unpaired) electrons. The number of carbonyl (C=O) groups excluding carboxylic acids is 1. The zero-order chi connectivity index (χ0) is 10.6. The van der Waals surface area contributed by atoms with Crippen molar-refractivity contribution in [3.05, 3.63) is 0 Å². The summed E-state index contributed by atoms with van der Waals surface area (Å²) >= 11 is 0. The average Bonchev–Trinajstić information content (AvgIpc) is 2.43. The lowest BCUT2D eigenvalue weighted by molar-refractivity contribution is -0.128. The van der Waals surface area contributed by atoms with Gasteiger partial charge in [0.15, 0.2) is 0 Å². The highest BCUT2D eigenvalue weighted by molar-refractivity contribution is 5.83. The number of rotatable bonds is 2. The Balaban J connectivity index is 2.31. The standard InChI is InChI=1S/C10H17N3O/c1-12(2)6-3-4-7-13-8-5-9(11)10(13)14/h9H,5-8,11H2,1-2H3. The fraction of sp³-hybridized carbons (Fsp3) is 0.700.